The number of aromatic amines is 1. The van der Waals surface area contributed by atoms with Crippen LogP contribution in [-0.4, -0.2) is 22.9 Å². The van der Waals surface area contributed by atoms with Crippen LogP contribution >= 0.6 is 0 Å². The Bertz CT molecular complexity index is 631. The average molecular weight is 285 g/mol. The van der Waals surface area contributed by atoms with Crippen LogP contribution in [0.15, 0.2) is 30.5 Å². The van der Waals surface area contributed by atoms with Gasteiger partial charge in [-0.1, -0.05) is 31.5 Å². The lowest BCUT2D eigenvalue weighted by atomic mass is 9.85. The average Bonchev–Trinajstić information content (AvgIpc) is 2.92. The number of carbonyl (C=O) groups excluding carboxylic acids is 1. The summed E-state index contributed by atoms with van der Waals surface area (Å²) in [6.45, 7) is 4.37. The van der Waals surface area contributed by atoms with Crippen LogP contribution in [0.1, 0.15) is 49.9 Å². The summed E-state index contributed by atoms with van der Waals surface area (Å²) in [6.07, 6.45) is 7.05. The van der Waals surface area contributed by atoms with Crippen molar-refractivity contribution in [2.45, 2.75) is 51.6 Å². The van der Waals surface area contributed by atoms with E-state index in [-0.39, 0.29) is 11.8 Å². The van der Waals surface area contributed by atoms with E-state index in [2.05, 4.69) is 17.2 Å². The summed E-state index contributed by atoms with van der Waals surface area (Å²) in [6, 6.07) is 8.62. The fraction of sp³-hybridized carbons (Fsp3) is 0.500. The number of hydrogen-bond donors (Lipinski definition) is 2. The maximum Gasteiger partial charge on any atom is 0.221 e. The number of nitrogens with two attached hydrogens (primary N) is 1. The molecule has 1 aromatic carbocycles. The normalized spacial score (nSPS) is 24.1. The van der Waals surface area contributed by atoms with Gasteiger partial charge in [-0.3, -0.25) is 4.79 Å². The molecule has 1 aromatic heterocycles. The van der Waals surface area contributed by atoms with E-state index >= 15 is 0 Å². The smallest absolute Gasteiger partial charge is 0.221 e. The number of hydrogen-bond acceptors (Lipinski definition) is 1. The van der Waals surface area contributed by atoms with Crippen LogP contribution in [0, 0.1) is 5.92 Å². The molecule has 0 unspecified atom stereocenters. The first-order valence-corrected chi connectivity index (χ1v) is 8.12. The molecule has 1 saturated carbocycles. The number of benzene rings is 1. The summed E-state index contributed by atoms with van der Waals surface area (Å²) in [5.41, 5.74) is 1.87. The van der Waals surface area contributed by atoms with Gasteiger partial charge in [0.05, 0.1) is 6.04 Å². The summed E-state index contributed by atoms with van der Waals surface area (Å²) in [7, 11) is 0. The van der Waals surface area contributed by atoms with E-state index in [0.717, 1.165) is 22.4 Å². The minimum Gasteiger partial charge on any atom is -0.360 e. The van der Waals surface area contributed by atoms with Gasteiger partial charge in [-0.25, -0.2) is 0 Å². The molecule has 3 atom stereocenters. The van der Waals surface area contributed by atoms with Crippen LogP contribution in [-0.2, 0) is 0 Å². The second-order valence-corrected chi connectivity index (χ2v) is 6.52. The number of ketones is 1. The molecular weight excluding hydrogens is 260 g/mol. The van der Waals surface area contributed by atoms with Crippen molar-refractivity contribution < 1.29 is 10.1 Å². The highest BCUT2D eigenvalue weighted by molar-refractivity contribution is 6.09. The largest absolute Gasteiger partial charge is 0.360 e. The van der Waals surface area contributed by atoms with E-state index in [0.29, 0.717) is 6.04 Å². The SMILES string of the molecule is C[C@H]([NH2+][C@@H]1CCCC[C@H]1C)C(=O)c1c[nH]c2ccccc12. The number of aromatic nitrogens is 1. The third kappa shape index (κ3) is 2.88. The lowest BCUT2D eigenvalue weighted by Crippen LogP contribution is -2.97. The van der Waals surface area contributed by atoms with Crippen molar-refractivity contribution in [3.63, 3.8) is 0 Å². The molecule has 112 valence electrons. The van der Waals surface area contributed by atoms with Crippen molar-refractivity contribution in [3.05, 3.63) is 36.0 Å². The van der Waals surface area contributed by atoms with E-state index in [1.165, 1.54) is 25.7 Å². The molecule has 21 heavy (non-hydrogen) atoms. The highest BCUT2D eigenvalue weighted by Crippen LogP contribution is 2.22. The Kier molecular flexibility index (Phi) is 4.11. The second-order valence-electron chi connectivity index (χ2n) is 6.52. The van der Waals surface area contributed by atoms with E-state index in [4.69, 9.17) is 0 Å². The first-order chi connectivity index (χ1) is 10.2. The topological polar surface area (TPSA) is 49.5 Å². The number of fused-ring (bicyclic) bond motifs is 1. The van der Waals surface area contributed by atoms with Crippen molar-refractivity contribution in [3.8, 4) is 0 Å². The van der Waals surface area contributed by atoms with Crippen LogP contribution in [0.3, 0.4) is 0 Å². The third-order valence-corrected chi connectivity index (χ3v) is 4.98. The molecule has 3 nitrogen and oxygen atoms in total. The van der Waals surface area contributed by atoms with Gasteiger partial charge in [-0.2, -0.15) is 0 Å². The molecule has 1 fully saturated rings. The summed E-state index contributed by atoms with van der Waals surface area (Å²) < 4.78 is 0. The van der Waals surface area contributed by atoms with Crippen molar-refractivity contribution in [2.75, 3.05) is 0 Å². The van der Waals surface area contributed by atoms with Crippen molar-refractivity contribution >= 4 is 16.7 Å². The molecule has 1 aliphatic carbocycles. The Balaban J connectivity index is 1.75. The van der Waals surface area contributed by atoms with Gasteiger partial charge in [-0.05, 0) is 32.3 Å². The highest BCUT2D eigenvalue weighted by atomic mass is 16.1. The first kappa shape index (κ1) is 14.3. The van der Waals surface area contributed by atoms with Gasteiger partial charge in [0, 0.05) is 28.6 Å². The maximum atomic E-state index is 12.7. The number of para-hydroxylation sites is 1. The van der Waals surface area contributed by atoms with Crippen LogP contribution in [0.4, 0.5) is 0 Å². The summed E-state index contributed by atoms with van der Waals surface area (Å²) in [5, 5.41) is 3.34. The van der Waals surface area contributed by atoms with Gasteiger partial charge in [0.15, 0.2) is 0 Å². The summed E-state index contributed by atoms with van der Waals surface area (Å²) in [5.74, 6) is 0.960. The molecule has 0 saturated heterocycles. The van der Waals surface area contributed by atoms with Gasteiger partial charge in [0.2, 0.25) is 5.78 Å². The van der Waals surface area contributed by atoms with Crippen molar-refractivity contribution in [1.29, 1.82) is 0 Å². The molecular formula is C18H25N2O+. The highest BCUT2D eigenvalue weighted by Gasteiger charge is 2.29. The van der Waals surface area contributed by atoms with Gasteiger partial charge >= 0.3 is 0 Å². The molecule has 3 rings (SSSR count). The molecule has 3 heteroatoms. The Morgan fingerprint density at radius 2 is 2.05 bits per heavy atom. The van der Waals surface area contributed by atoms with E-state index < -0.39 is 0 Å². The zero-order chi connectivity index (χ0) is 14.8. The molecule has 0 bridgehead atoms. The lowest BCUT2D eigenvalue weighted by molar-refractivity contribution is -0.713. The number of rotatable bonds is 4. The first-order valence-electron chi connectivity index (χ1n) is 8.12. The number of carbonyl (C=O) groups is 1. The molecule has 2 aromatic rings. The molecule has 3 N–H and O–H groups in total. The van der Waals surface area contributed by atoms with E-state index in [1.54, 1.807) is 0 Å². The summed E-state index contributed by atoms with van der Waals surface area (Å²) in [4.78, 5) is 16.0. The van der Waals surface area contributed by atoms with Crippen molar-refractivity contribution in [1.82, 2.24) is 4.98 Å². The van der Waals surface area contributed by atoms with E-state index in [9.17, 15) is 4.79 Å². The van der Waals surface area contributed by atoms with Gasteiger partial charge in [-0.15, -0.1) is 0 Å². The zero-order valence-corrected chi connectivity index (χ0v) is 12.9. The van der Waals surface area contributed by atoms with E-state index in [1.807, 2.05) is 37.4 Å². The van der Waals surface area contributed by atoms with Gasteiger partial charge in [0.1, 0.15) is 6.04 Å². The Hall–Kier alpha value is -1.61. The zero-order valence-electron chi connectivity index (χ0n) is 12.9. The summed E-state index contributed by atoms with van der Waals surface area (Å²) >= 11 is 0. The maximum absolute atomic E-state index is 12.7. The fourth-order valence-electron chi connectivity index (χ4n) is 3.61. The fourth-order valence-corrected chi connectivity index (χ4v) is 3.61. The minimum absolute atomic E-state index is 0.00486. The lowest BCUT2D eigenvalue weighted by Gasteiger charge is -2.28. The number of H-pyrrole nitrogens is 1. The third-order valence-electron chi connectivity index (χ3n) is 4.98. The molecule has 0 amide bonds. The molecule has 0 spiro atoms. The molecule has 0 aliphatic heterocycles. The predicted molar refractivity (Wildman–Crippen MR) is 85.4 cm³/mol. The quantitative estimate of drug-likeness (QED) is 0.834. The van der Waals surface area contributed by atoms with Crippen LogP contribution in [0.25, 0.3) is 10.9 Å². The monoisotopic (exact) mass is 285 g/mol. The van der Waals surface area contributed by atoms with Gasteiger partial charge in [0.25, 0.3) is 0 Å². The number of Topliss-reactive ketones (excluding diaryl/α,β-unsaturated/α-hetero) is 1. The van der Waals surface area contributed by atoms with Crippen LogP contribution in [0.2, 0.25) is 0 Å². The Morgan fingerprint density at radius 3 is 2.86 bits per heavy atom. The standard InChI is InChI=1S/C18H24N2O/c1-12-7-3-5-9-16(12)20-13(2)18(21)15-11-19-17-10-6-4-8-14(15)17/h4,6,8,10-13,16,19-20H,3,5,7,9H2,1-2H3/p+1/t12-,13+,16-/m1/s1. The Morgan fingerprint density at radius 1 is 1.29 bits per heavy atom. The van der Waals surface area contributed by atoms with Gasteiger partial charge < -0.3 is 10.3 Å². The van der Waals surface area contributed by atoms with Crippen molar-refractivity contribution in [2.24, 2.45) is 5.92 Å². The number of nitrogens with one attached hydrogen (secondary N) is 1. The molecule has 1 aliphatic rings. The second kappa shape index (κ2) is 6.02. The number of quaternary nitrogens is 1. The molecule has 1 heterocycles. The van der Waals surface area contributed by atoms with Crippen LogP contribution in [0.5, 0.6) is 0 Å². The van der Waals surface area contributed by atoms with Crippen LogP contribution < -0.4 is 5.32 Å². The minimum atomic E-state index is -0.00486. The Labute approximate surface area is 126 Å². The molecule has 0 radical (unpaired) electrons. The predicted octanol–water partition coefficient (Wildman–Crippen LogP) is 2.88.